The normalized spacial score (nSPS) is 11.6. The quantitative estimate of drug-likeness (QED) is 0.207. The van der Waals surface area contributed by atoms with Gasteiger partial charge in [-0.15, -0.1) is 11.3 Å². The van der Waals surface area contributed by atoms with Crippen LogP contribution in [0, 0.1) is 0 Å². The van der Waals surface area contributed by atoms with Gasteiger partial charge in [-0.3, -0.25) is 0 Å². The van der Waals surface area contributed by atoms with Crippen LogP contribution in [-0.4, -0.2) is 0 Å². The molecule has 0 saturated heterocycles. The maximum atomic E-state index is 2.40. The van der Waals surface area contributed by atoms with Gasteiger partial charge in [-0.2, -0.15) is 0 Å². The average molecular weight is 513 g/mol. The number of thiophene rings is 1. The van der Waals surface area contributed by atoms with E-state index in [0.717, 1.165) is 0 Å². The molecule has 0 unspecified atom stereocenters. The first kappa shape index (κ1) is 22.3. The van der Waals surface area contributed by atoms with Gasteiger partial charge in [-0.1, -0.05) is 133 Å². The van der Waals surface area contributed by atoms with Crippen LogP contribution in [0.15, 0.2) is 146 Å². The molecule has 1 aromatic heterocycles. The van der Waals surface area contributed by atoms with Crippen LogP contribution in [0.25, 0.3) is 75.1 Å². The van der Waals surface area contributed by atoms with Crippen molar-refractivity contribution in [2.45, 2.75) is 0 Å². The molecule has 8 aromatic rings. The molecule has 182 valence electrons. The number of benzene rings is 7. The summed E-state index contributed by atoms with van der Waals surface area (Å²) < 4.78 is 2.66. The van der Waals surface area contributed by atoms with Crippen LogP contribution >= 0.6 is 11.3 Å². The summed E-state index contributed by atoms with van der Waals surface area (Å²) in [6, 6.07) is 53.1. The third-order valence-corrected chi connectivity index (χ3v) is 8.98. The Balaban J connectivity index is 1.39. The Bertz CT molecular complexity index is 2090. The highest BCUT2D eigenvalue weighted by Gasteiger charge is 2.17. The van der Waals surface area contributed by atoms with E-state index < -0.39 is 0 Å². The summed E-state index contributed by atoms with van der Waals surface area (Å²) in [7, 11) is 0. The van der Waals surface area contributed by atoms with Gasteiger partial charge >= 0.3 is 0 Å². The van der Waals surface area contributed by atoms with E-state index in [1.165, 1.54) is 75.1 Å². The molecule has 0 bridgehead atoms. The minimum Gasteiger partial charge on any atom is -0.135 e. The third-order valence-electron chi connectivity index (χ3n) is 7.86. The highest BCUT2D eigenvalue weighted by molar-refractivity contribution is 7.25. The van der Waals surface area contributed by atoms with Gasteiger partial charge in [0.05, 0.1) is 0 Å². The van der Waals surface area contributed by atoms with E-state index in [9.17, 15) is 0 Å². The monoisotopic (exact) mass is 512 g/mol. The molecule has 8 rings (SSSR count). The molecule has 0 saturated carbocycles. The smallest absolute Gasteiger partial charge is 0.0361 e. The fraction of sp³-hybridized carbons (Fsp3) is 0. The molecule has 0 aliphatic heterocycles. The maximum absolute atomic E-state index is 2.40. The van der Waals surface area contributed by atoms with Crippen molar-refractivity contribution < 1.29 is 0 Å². The van der Waals surface area contributed by atoms with E-state index in [2.05, 4.69) is 146 Å². The molecule has 0 spiro atoms. The van der Waals surface area contributed by atoms with Crippen molar-refractivity contribution in [3.63, 3.8) is 0 Å². The van der Waals surface area contributed by atoms with Crippen molar-refractivity contribution in [1.29, 1.82) is 0 Å². The molecule has 0 aliphatic carbocycles. The molecule has 0 radical (unpaired) electrons. The lowest BCUT2D eigenvalue weighted by Crippen LogP contribution is -1.90. The largest absolute Gasteiger partial charge is 0.135 e. The SMILES string of the molecule is c1ccc(-c2ccc3c(c2)sc2cc(-c4c5ccccc5c(-c5ccccc5)c5ccccc45)ccc23)cc1. The zero-order chi connectivity index (χ0) is 25.8. The maximum Gasteiger partial charge on any atom is 0.0361 e. The number of hydrogen-bond donors (Lipinski definition) is 0. The van der Waals surface area contributed by atoms with Gasteiger partial charge in [0.15, 0.2) is 0 Å². The Labute approximate surface area is 231 Å². The first-order chi connectivity index (χ1) is 19.3. The Morgan fingerprint density at radius 2 is 0.692 bits per heavy atom. The van der Waals surface area contributed by atoms with Gasteiger partial charge in [0.2, 0.25) is 0 Å². The first-order valence-electron chi connectivity index (χ1n) is 13.4. The standard InChI is InChI=1S/C38H24S/c1-3-11-25(12-4-1)27-19-21-29-30-22-20-28(24-36(30)39-35(29)23-27)38-33-17-9-7-15-31(33)37(26-13-5-2-6-14-26)32-16-8-10-18-34(32)38/h1-24H. The molecule has 0 N–H and O–H groups in total. The Morgan fingerprint density at radius 3 is 1.23 bits per heavy atom. The number of rotatable bonds is 3. The van der Waals surface area contributed by atoms with Crippen LogP contribution in [0.2, 0.25) is 0 Å². The highest BCUT2D eigenvalue weighted by Crippen LogP contribution is 2.45. The summed E-state index contributed by atoms with van der Waals surface area (Å²) in [4.78, 5) is 0. The second kappa shape index (κ2) is 8.94. The van der Waals surface area contributed by atoms with E-state index in [4.69, 9.17) is 0 Å². The minimum atomic E-state index is 1.26. The Morgan fingerprint density at radius 1 is 0.282 bits per heavy atom. The van der Waals surface area contributed by atoms with E-state index >= 15 is 0 Å². The van der Waals surface area contributed by atoms with E-state index in [1.807, 2.05) is 11.3 Å². The molecular formula is C38H24S. The van der Waals surface area contributed by atoms with Crippen molar-refractivity contribution in [3.8, 4) is 33.4 Å². The number of hydrogen-bond acceptors (Lipinski definition) is 1. The molecule has 1 heterocycles. The van der Waals surface area contributed by atoms with Crippen molar-refractivity contribution in [1.82, 2.24) is 0 Å². The summed E-state index contributed by atoms with van der Waals surface area (Å²) in [5.41, 5.74) is 7.67. The Kier molecular flexibility index (Phi) is 5.11. The molecule has 0 atom stereocenters. The summed E-state index contributed by atoms with van der Waals surface area (Å²) in [6.07, 6.45) is 0. The van der Waals surface area contributed by atoms with Crippen LogP contribution in [0.4, 0.5) is 0 Å². The second-order valence-corrected chi connectivity index (χ2v) is 11.2. The van der Waals surface area contributed by atoms with E-state index in [0.29, 0.717) is 0 Å². The zero-order valence-electron chi connectivity index (χ0n) is 21.3. The molecule has 0 fully saturated rings. The first-order valence-corrected chi connectivity index (χ1v) is 14.2. The van der Waals surface area contributed by atoms with E-state index in [1.54, 1.807) is 0 Å². The predicted octanol–water partition coefficient (Wildman–Crippen LogP) is 11.4. The molecule has 39 heavy (non-hydrogen) atoms. The van der Waals surface area contributed by atoms with Gasteiger partial charge in [0.1, 0.15) is 0 Å². The minimum absolute atomic E-state index is 1.26. The lowest BCUT2D eigenvalue weighted by Gasteiger charge is -2.17. The lowest BCUT2D eigenvalue weighted by atomic mass is 9.86. The van der Waals surface area contributed by atoms with Crippen LogP contribution in [0.5, 0.6) is 0 Å². The van der Waals surface area contributed by atoms with Crippen LogP contribution in [-0.2, 0) is 0 Å². The summed E-state index contributed by atoms with van der Waals surface area (Å²) >= 11 is 1.89. The zero-order valence-corrected chi connectivity index (χ0v) is 22.1. The topological polar surface area (TPSA) is 0 Å². The third kappa shape index (κ3) is 3.59. The molecule has 0 nitrogen and oxygen atoms in total. The molecule has 0 aliphatic rings. The fourth-order valence-corrected chi connectivity index (χ4v) is 7.28. The number of fused-ring (bicyclic) bond motifs is 5. The van der Waals surface area contributed by atoms with Gasteiger partial charge in [0, 0.05) is 20.2 Å². The van der Waals surface area contributed by atoms with Gasteiger partial charge < -0.3 is 0 Å². The second-order valence-electron chi connectivity index (χ2n) is 10.1. The fourth-order valence-electron chi connectivity index (χ4n) is 6.10. The van der Waals surface area contributed by atoms with Crippen LogP contribution < -0.4 is 0 Å². The van der Waals surface area contributed by atoms with Gasteiger partial charge in [-0.05, 0) is 67.1 Å². The molecule has 7 aromatic carbocycles. The van der Waals surface area contributed by atoms with Crippen molar-refractivity contribution in [2.24, 2.45) is 0 Å². The van der Waals surface area contributed by atoms with E-state index in [-0.39, 0.29) is 0 Å². The molecule has 0 amide bonds. The summed E-state index contributed by atoms with van der Waals surface area (Å²) in [5.74, 6) is 0. The molecule has 1 heteroatoms. The highest BCUT2D eigenvalue weighted by atomic mass is 32.1. The van der Waals surface area contributed by atoms with Crippen LogP contribution in [0.3, 0.4) is 0 Å². The summed E-state index contributed by atoms with van der Waals surface area (Å²) in [6.45, 7) is 0. The van der Waals surface area contributed by atoms with Gasteiger partial charge in [-0.25, -0.2) is 0 Å². The average Bonchev–Trinajstić information content (AvgIpc) is 3.37. The van der Waals surface area contributed by atoms with Crippen LogP contribution in [0.1, 0.15) is 0 Å². The predicted molar refractivity (Wildman–Crippen MR) is 171 cm³/mol. The summed E-state index contributed by atoms with van der Waals surface area (Å²) in [5, 5.41) is 7.83. The Hall–Kier alpha value is -4.72. The van der Waals surface area contributed by atoms with Crippen molar-refractivity contribution in [2.75, 3.05) is 0 Å². The van der Waals surface area contributed by atoms with Crippen molar-refractivity contribution in [3.05, 3.63) is 146 Å². The molecular weight excluding hydrogens is 488 g/mol. The lowest BCUT2D eigenvalue weighted by molar-refractivity contribution is 1.66. The van der Waals surface area contributed by atoms with Crippen molar-refractivity contribution >= 4 is 53.1 Å². The van der Waals surface area contributed by atoms with Gasteiger partial charge in [0.25, 0.3) is 0 Å².